The van der Waals surface area contributed by atoms with Gasteiger partial charge in [0.1, 0.15) is 0 Å². The molecule has 2 heteroatoms. The van der Waals surface area contributed by atoms with Crippen LogP contribution in [0.5, 0.6) is 0 Å². The lowest BCUT2D eigenvalue weighted by molar-refractivity contribution is -0.0481. The van der Waals surface area contributed by atoms with Crippen molar-refractivity contribution in [3.63, 3.8) is 0 Å². The van der Waals surface area contributed by atoms with Gasteiger partial charge >= 0.3 is 0 Å². The molecule has 0 saturated heterocycles. The summed E-state index contributed by atoms with van der Waals surface area (Å²) in [7, 11) is 0. The molecule has 0 spiro atoms. The lowest BCUT2D eigenvalue weighted by atomic mass is 9.73. The first-order chi connectivity index (χ1) is 7.37. The van der Waals surface area contributed by atoms with Gasteiger partial charge in [-0.3, -0.25) is 0 Å². The van der Waals surface area contributed by atoms with Crippen LogP contribution >= 0.6 is 0 Å². The molecular weight excluding hydrogens is 198 g/mol. The Morgan fingerprint density at radius 3 is 2.06 bits per heavy atom. The predicted octanol–water partition coefficient (Wildman–Crippen LogP) is 2.98. The van der Waals surface area contributed by atoms with Crippen LogP contribution in [0.15, 0.2) is 0 Å². The first-order valence-electron chi connectivity index (χ1n) is 6.88. The lowest BCUT2D eigenvalue weighted by Gasteiger charge is -2.42. The highest BCUT2D eigenvalue weighted by molar-refractivity contribution is 5.07. The molecule has 2 rings (SSSR count). The van der Waals surface area contributed by atoms with Gasteiger partial charge in [-0.05, 0) is 50.4 Å². The van der Waals surface area contributed by atoms with E-state index in [-0.39, 0.29) is 5.54 Å². The van der Waals surface area contributed by atoms with Crippen LogP contribution < -0.4 is 5.73 Å². The summed E-state index contributed by atoms with van der Waals surface area (Å²) >= 11 is 0. The van der Waals surface area contributed by atoms with Gasteiger partial charge in [0.25, 0.3) is 0 Å². The van der Waals surface area contributed by atoms with Crippen molar-refractivity contribution in [2.24, 2.45) is 11.1 Å². The summed E-state index contributed by atoms with van der Waals surface area (Å²) in [5, 5.41) is 10.9. The van der Waals surface area contributed by atoms with Crippen molar-refractivity contribution >= 4 is 0 Å². The van der Waals surface area contributed by atoms with Crippen molar-refractivity contribution in [1.29, 1.82) is 0 Å². The molecule has 0 aliphatic heterocycles. The second kappa shape index (κ2) is 3.99. The maximum Gasteiger partial charge on any atom is 0.0826 e. The van der Waals surface area contributed by atoms with Gasteiger partial charge in [-0.2, -0.15) is 0 Å². The number of nitrogens with two attached hydrogens (primary N) is 1. The van der Waals surface area contributed by atoms with E-state index >= 15 is 0 Å². The van der Waals surface area contributed by atoms with Crippen molar-refractivity contribution in [3.05, 3.63) is 0 Å². The first-order valence-corrected chi connectivity index (χ1v) is 6.88. The molecule has 1 atom stereocenters. The zero-order chi connectivity index (χ0) is 11.9. The summed E-state index contributed by atoms with van der Waals surface area (Å²) in [4.78, 5) is 0. The van der Waals surface area contributed by atoms with Crippen molar-refractivity contribution in [1.82, 2.24) is 0 Å². The zero-order valence-corrected chi connectivity index (χ0v) is 10.9. The van der Waals surface area contributed by atoms with E-state index in [0.717, 1.165) is 38.5 Å². The van der Waals surface area contributed by atoms with Crippen LogP contribution in [0.4, 0.5) is 0 Å². The average Bonchev–Trinajstić information content (AvgIpc) is 2.58. The van der Waals surface area contributed by atoms with E-state index in [0.29, 0.717) is 5.41 Å². The Kier molecular flexibility index (Phi) is 3.09. The molecule has 0 bridgehead atoms. The second-order valence-electron chi connectivity index (χ2n) is 6.91. The SMILES string of the molecule is CC1(C)CCCC(O)(C2(N)CCCC2)CC1. The van der Waals surface area contributed by atoms with Crippen LogP contribution in [0, 0.1) is 5.41 Å². The van der Waals surface area contributed by atoms with Crippen molar-refractivity contribution in [3.8, 4) is 0 Å². The fourth-order valence-electron chi connectivity index (χ4n) is 3.62. The van der Waals surface area contributed by atoms with Crippen LogP contribution in [0.25, 0.3) is 0 Å². The monoisotopic (exact) mass is 225 g/mol. The maximum absolute atomic E-state index is 10.9. The molecule has 0 aromatic carbocycles. The Morgan fingerprint density at radius 1 is 0.812 bits per heavy atom. The minimum atomic E-state index is -0.586. The second-order valence-corrected chi connectivity index (χ2v) is 6.91. The molecule has 16 heavy (non-hydrogen) atoms. The van der Waals surface area contributed by atoms with E-state index in [2.05, 4.69) is 13.8 Å². The average molecular weight is 225 g/mol. The summed E-state index contributed by atoms with van der Waals surface area (Å²) < 4.78 is 0. The number of hydrogen-bond donors (Lipinski definition) is 2. The van der Waals surface area contributed by atoms with Gasteiger partial charge in [-0.25, -0.2) is 0 Å². The smallest absolute Gasteiger partial charge is 0.0826 e. The Balaban J connectivity index is 2.12. The Hall–Kier alpha value is -0.0800. The van der Waals surface area contributed by atoms with Crippen LogP contribution in [-0.2, 0) is 0 Å². The fourth-order valence-corrected chi connectivity index (χ4v) is 3.62. The number of hydrogen-bond acceptors (Lipinski definition) is 2. The summed E-state index contributed by atoms with van der Waals surface area (Å²) in [6.07, 6.45) is 9.71. The third-order valence-electron chi connectivity index (χ3n) is 5.08. The van der Waals surface area contributed by atoms with E-state index in [1.165, 1.54) is 19.3 Å². The third-order valence-corrected chi connectivity index (χ3v) is 5.08. The molecule has 0 amide bonds. The van der Waals surface area contributed by atoms with Crippen LogP contribution in [0.2, 0.25) is 0 Å². The largest absolute Gasteiger partial charge is 0.388 e. The molecule has 0 radical (unpaired) electrons. The highest BCUT2D eigenvalue weighted by Crippen LogP contribution is 2.46. The molecule has 1 unspecified atom stereocenters. The molecule has 2 aliphatic rings. The van der Waals surface area contributed by atoms with Crippen LogP contribution in [-0.4, -0.2) is 16.2 Å². The topological polar surface area (TPSA) is 46.2 Å². The quantitative estimate of drug-likeness (QED) is 0.674. The summed E-state index contributed by atoms with van der Waals surface area (Å²) in [5.41, 5.74) is 5.99. The van der Waals surface area contributed by atoms with Gasteiger partial charge in [0, 0.05) is 5.54 Å². The van der Waals surface area contributed by atoms with Crippen molar-refractivity contribution in [2.75, 3.05) is 0 Å². The highest BCUT2D eigenvalue weighted by atomic mass is 16.3. The van der Waals surface area contributed by atoms with E-state index < -0.39 is 5.60 Å². The third kappa shape index (κ3) is 2.14. The Bertz CT molecular complexity index is 255. The molecular formula is C14H27NO. The highest BCUT2D eigenvalue weighted by Gasteiger charge is 2.49. The molecule has 3 N–H and O–H groups in total. The van der Waals surface area contributed by atoms with Crippen molar-refractivity contribution in [2.45, 2.75) is 82.8 Å². The summed E-state index contributed by atoms with van der Waals surface area (Å²) in [6.45, 7) is 4.63. The zero-order valence-electron chi connectivity index (χ0n) is 10.9. The Labute approximate surface area is 99.6 Å². The van der Waals surface area contributed by atoms with Crippen LogP contribution in [0.3, 0.4) is 0 Å². The van der Waals surface area contributed by atoms with Gasteiger partial charge in [0.2, 0.25) is 0 Å². The van der Waals surface area contributed by atoms with Gasteiger partial charge < -0.3 is 10.8 Å². The molecule has 0 heterocycles. The molecule has 2 saturated carbocycles. The minimum absolute atomic E-state index is 0.284. The van der Waals surface area contributed by atoms with Gasteiger partial charge in [0.05, 0.1) is 5.60 Å². The van der Waals surface area contributed by atoms with E-state index in [1.54, 1.807) is 0 Å². The number of aliphatic hydroxyl groups is 1. The van der Waals surface area contributed by atoms with E-state index in [4.69, 9.17) is 5.73 Å². The molecule has 0 aromatic heterocycles. The Morgan fingerprint density at radius 2 is 1.44 bits per heavy atom. The molecule has 2 fully saturated rings. The van der Waals surface area contributed by atoms with E-state index in [1.807, 2.05) is 0 Å². The van der Waals surface area contributed by atoms with Crippen LogP contribution in [0.1, 0.15) is 71.6 Å². The molecule has 94 valence electrons. The van der Waals surface area contributed by atoms with Gasteiger partial charge in [-0.1, -0.05) is 26.7 Å². The van der Waals surface area contributed by atoms with Crippen molar-refractivity contribution < 1.29 is 5.11 Å². The van der Waals surface area contributed by atoms with Gasteiger partial charge in [-0.15, -0.1) is 0 Å². The normalized spacial score (nSPS) is 38.2. The maximum atomic E-state index is 10.9. The standard InChI is InChI=1S/C14H27NO/c1-12(2)6-5-9-14(16,11-10-12)13(15)7-3-4-8-13/h16H,3-11,15H2,1-2H3. The fraction of sp³-hybridized carbons (Fsp3) is 1.00. The lowest BCUT2D eigenvalue weighted by Crippen LogP contribution is -2.58. The predicted molar refractivity (Wildman–Crippen MR) is 67.2 cm³/mol. The molecule has 2 aliphatic carbocycles. The number of rotatable bonds is 1. The molecule has 2 nitrogen and oxygen atoms in total. The first kappa shape index (κ1) is 12.4. The summed E-state index contributed by atoms with van der Waals surface area (Å²) in [5.74, 6) is 0. The van der Waals surface area contributed by atoms with E-state index in [9.17, 15) is 5.11 Å². The minimum Gasteiger partial charge on any atom is -0.388 e. The molecule has 0 aromatic rings. The van der Waals surface area contributed by atoms with Gasteiger partial charge in [0.15, 0.2) is 0 Å². The summed E-state index contributed by atoms with van der Waals surface area (Å²) in [6, 6.07) is 0.